The van der Waals surface area contributed by atoms with E-state index >= 15 is 0 Å². The Morgan fingerprint density at radius 3 is 2.21 bits per heavy atom. The van der Waals surface area contributed by atoms with Gasteiger partial charge in [-0.05, 0) is 31.9 Å². The molecule has 0 aliphatic rings. The van der Waals surface area contributed by atoms with Gasteiger partial charge in [0, 0.05) is 0 Å². The SMILES string of the molecule is Cc1ccc(S(=O)(=O)C(N)CC[C@H](N)C(=O)O)cc1. The highest BCUT2D eigenvalue weighted by Gasteiger charge is 2.25. The molecule has 0 aliphatic carbocycles. The molecule has 1 rings (SSSR count). The molecule has 106 valence electrons. The van der Waals surface area contributed by atoms with E-state index in [2.05, 4.69) is 0 Å². The van der Waals surface area contributed by atoms with Crippen molar-refractivity contribution in [3.05, 3.63) is 29.8 Å². The van der Waals surface area contributed by atoms with Crippen molar-refractivity contribution in [1.29, 1.82) is 0 Å². The van der Waals surface area contributed by atoms with Gasteiger partial charge in [0.2, 0.25) is 0 Å². The molecule has 0 saturated heterocycles. The molecule has 7 heteroatoms. The lowest BCUT2D eigenvalue weighted by Gasteiger charge is -2.14. The summed E-state index contributed by atoms with van der Waals surface area (Å²) < 4.78 is 24.2. The lowest BCUT2D eigenvalue weighted by atomic mass is 10.2. The zero-order valence-corrected chi connectivity index (χ0v) is 11.4. The number of carbonyl (C=O) groups is 1. The zero-order chi connectivity index (χ0) is 14.6. The van der Waals surface area contributed by atoms with Gasteiger partial charge >= 0.3 is 5.97 Å². The number of hydrogen-bond donors (Lipinski definition) is 3. The second-order valence-electron chi connectivity index (χ2n) is 4.42. The average molecular weight is 286 g/mol. The van der Waals surface area contributed by atoms with Crippen LogP contribution in [0.5, 0.6) is 0 Å². The second-order valence-corrected chi connectivity index (χ2v) is 6.59. The molecule has 1 aromatic rings. The van der Waals surface area contributed by atoms with Gasteiger partial charge in [0.15, 0.2) is 9.84 Å². The fourth-order valence-electron chi connectivity index (χ4n) is 1.53. The smallest absolute Gasteiger partial charge is 0.320 e. The van der Waals surface area contributed by atoms with Crippen LogP contribution >= 0.6 is 0 Å². The molecule has 0 heterocycles. The molecular formula is C12H18N2O4S. The summed E-state index contributed by atoms with van der Waals surface area (Å²) in [7, 11) is -3.65. The molecule has 1 unspecified atom stereocenters. The normalized spacial score (nSPS) is 14.9. The van der Waals surface area contributed by atoms with Crippen molar-refractivity contribution in [3.8, 4) is 0 Å². The first-order chi connectivity index (χ1) is 8.75. The van der Waals surface area contributed by atoms with Crippen LogP contribution in [-0.4, -0.2) is 30.9 Å². The Kier molecular flexibility index (Phi) is 5.04. The Hall–Kier alpha value is -1.44. The van der Waals surface area contributed by atoms with E-state index in [1.54, 1.807) is 12.1 Å². The number of aryl methyl sites for hydroxylation is 1. The van der Waals surface area contributed by atoms with E-state index in [9.17, 15) is 13.2 Å². The minimum absolute atomic E-state index is 0.00365. The van der Waals surface area contributed by atoms with Crippen LogP contribution in [0.4, 0.5) is 0 Å². The quantitative estimate of drug-likeness (QED) is 0.688. The summed E-state index contributed by atoms with van der Waals surface area (Å²) >= 11 is 0. The first kappa shape index (κ1) is 15.6. The Balaban J connectivity index is 2.77. The number of rotatable bonds is 6. The third kappa shape index (κ3) is 4.02. The second kappa shape index (κ2) is 6.14. The highest BCUT2D eigenvalue weighted by atomic mass is 32.2. The summed E-state index contributed by atoms with van der Waals surface area (Å²) in [5.41, 5.74) is 11.9. The molecule has 0 aliphatic heterocycles. The zero-order valence-electron chi connectivity index (χ0n) is 10.6. The molecule has 0 fully saturated rings. The van der Waals surface area contributed by atoms with Gasteiger partial charge < -0.3 is 16.6 Å². The molecule has 0 amide bonds. The standard InChI is InChI=1S/C12H18N2O4S/c1-8-2-4-9(5-3-8)19(17,18)11(14)7-6-10(13)12(15)16/h2-5,10-11H,6-7,13-14H2,1H3,(H,15,16)/t10-,11?/m0/s1. The summed E-state index contributed by atoms with van der Waals surface area (Å²) in [6.07, 6.45) is 0.0191. The average Bonchev–Trinajstić information content (AvgIpc) is 2.35. The predicted octanol–water partition coefficient (Wildman–Crippen LogP) is 0.246. The van der Waals surface area contributed by atoms with Crippen LogP contribution in [0.2, 0.25) is 0 Å². The van der Waals surface area contributed by atoms with Crippen LogP contribution in [0, 0.1) is 6.92 Å². The number of sulfone groups is 1. The van der Waals surface area contributed by atoms with Gasteiger partial charge in [-0.15, -0.1) is 0 Å². The molecule has 0 spiro atoms. The Labute approximate surface area is 112 Å². The van der Waals surface area contributed by atoms with E-state index < -0.39 is 27.2 Å². The van der Waals surface area contributed by atoms with Gasteiger partial charge in [-0.25, -0.2) is 8.42 Å². The van der Waals surface area contributed by atoms with E-state index in [0.717, 1.165) is 5.56 Å². The van der Waals surface area contributed by atoms with E-state index in [0.29, 0.717) is 0 Å². The van der Waals surface area contributed by atoms with Crippen LogP contribution in [0.3, 0.4) is 0 Å². The molecule has 5 N–H and O–H groups in total. The fourth-order valence-corrected chi connectivity index (χ4v) is 2.84. The minimum Gasteiger partial charge on any atom is -0.480 e. The van der Waals surface area contributed by atoms with Crippen molar-refractivity contribution in [3.63, 3.8) is 0 Å². The van der Waals surface area contributed by atoms with Crippen molar-refractivity contribution < 1.29 is 18.3 Å². The van der Waals surface area contributed by atoms with Gasteiger partial charge in [-0.2, -0.15) is 0 Å². The maximum atomic E-state index is 12.1. The van der Waals surface area contributed by atoms with Crippen LogP contribution in [0.1, 0.15) is 18.4 Å². The number of benzene rings is 1. The van der Waals surface area contributed by atoms with E-state index in [-0.39, 0.29) is 17.7 Å². The van der Waals surface area contributed by atoms with Gasteiger partial charge in [0.25, 0.3) is 0 Å². The summed E-state index contributed by atoms with van der Waals surface area (Å²) in [6, 6.07) is 5.24. The molecule has 19 heavy (non-hydrogen) atoms. The summed E-state index contributed by atoms with van der Waals surface area (Å²) in [5.74, 6) is -1.17. The number of carboxylic acid groups (broad SMARTS) is 1. The van der Waals surface area contributed by atoms with Crippen LogP contribution < -0.4 is 11.5 Å². The molecule has 1 aromatic carbocycles. The Morgan fingerprint density at radius 2 is 1.74 bits per heavy atom. The minimum atomic E-state index is -3.65. The third-order valence-electron chi connectivity index (χ3n) is 2.83. The lowest BCUT2D eigenvalue weighted by molar-refractivity contribution is -0.138. The molecule has 2 atom stereocenters. The molecule has 0 saturated carbocycles. The molecular weight excluding hydrogens is 268 g/mol. The molecule has 6 nitrogen and oxygen atoms in total. The van der Waals surface area contributed by atoms with Gasteiger partial charge in [-0.1, -0.05) is 17.7 Å². The maximum Gasteiger partial charge on any atom is 0.320 e. The first-order valence-electron chi connectivity index (χ1n) is 5.79. The molecule has 0 radical (unpaired) electrons. The van der Waals surface area contributed by atoms with Gasteiger partial charge in [0.05, 0.1) is 4.90 Å². The van der Waals surface area contributed by atoms with E-state index in [4.69, 9.17) is 16.6 Å². The number of nitrogens with two attached hydrogens (primary N) is 2. The Morgan fingerprint density at radius 1 is 1.21 bits per heavy atom. The van der Waals surface area contributed by atoms with Crippen LogP contribution in [-0.2, 0) is 14.6 Å². The third-order valence-corrected chi connectivity index (χ3v) is 4.79. The van der Waals surface area contributed by atoms with E-state index in [1.807, 2.05) is 6.92 Å². The summed E-state index contributed by atoms with van der Waals surface area (Å²) in [6.45, 7) is 1.85. The largest absolute Gasteiger partial charge is 0.480 e. The molecule has 0 bridgehead atoms. The summed E-state index contributed by atoms with van der Waals surface area (Å²) in [5, 5.41) is 7.48. The van der Waals surface area contributed by atoms with Crippen molar-refractivity contribution in [2.75, 3.05) is 0 Å². The number of aliphatic carboxylic acids is 1. The van der Waals surface area contributed by atoms with E-state index in [1.165, 1.54) is 12.1 Å². The summed E-state index contributed by atoms with van der Waals surface area (Å²) in [4.78, 5) is 10.7. The predicted molar refractivity (Wildman–Crippen MR) is 71.2 cm³/mol. The van der Waals surface area contributed by atoms with Gasteiger partial charge in [0.1, 0.15) is 11.4 Å². The van der Waals surface area contributed by atoms with Crippen LogP contribution in [0.15, 0.2) is 29.2 Å². The number of carboxylic acids is 1. The highest BCUT2D eigenvalue weighted by molar-refractivity contribution is 7.92. The van der Waals surface area contributed by atoms with Crippen LogP contribution in [0.25, 0.3) is 0 Å². The first-order valence-corrected chi connectivity index (χ1v) is 7.34. The number of hydrogen-bond acceptors (Lipinski definition) is 5. The highest BCUT2D eigenvalue weighted by Crippen LogP contribution is 2.17. The topological polar surface area (TPSA) is 123 Å². The fraction of sp³-hybridized carbons (Fsp3) is 0.417. The maximum absolute atomic E-state index is 12.1. The van der Waals surface area contributed by atoms with Crippen molar-refractivity contribution in [2.45, 2.75) is 36.1 Å². The van der Waals surface area contributed by atoms with Crippen molar-refractivity contribution >= 4 is 15.8 Å². The van der Waals surface area contributed by atoms with Crippen molar-refractivity contribution in [1.82, 2.24) is 0 Å². The van der Waals surface area contributed by atoms with Crippen molar-refractivity contribution in [2.24, 2.45) is 11.5 Å². The lowest BCUT2D eigenvalue weighted by Crippen LogP contribution is -2.36. The Bertz CT molecular complexity index is 539. The van der Waals surface area contributed by atoms with Gasteiger partial charge in [-0.3, -0.25) is 4.79 Å². The molecule has 0 aromatic heterocycles. The monoisotopic (exact) mass is 286 g/mol.